The molecule has 0 spiro atoms. The number of nitrogens with zero attached hydrogens (tertiary/aromatic N) is 4. The molecule has 0 amide bonds. The molecular formula is C28H32F2N6O3S. The van der Waals surface area contributed by atoms with Crippen molar-refractivity contribution in [3.05, 3.63) is 58.5 Å². The van der Waals surface area contributed by atoms with Crippen LogP contribution < -0.4 is 10.6 Å². The summed E-state index contributed by atoms with van der Waals surface area (Å²) in [5.74, 6) is -1.50. The molecule has 1 aliphatic rings. The van der Waals surface area contributed by atoms with Crippen molar-refractivity contribution in [3.63, 3.8) is 0 Å². The lowest BCUT2D eigenvalue weighted by atomic mass is 9.88. The molecule has 0 radical (unpaired) electrons. The Morgan fingerprint density at radius 3 is 2.35 bits per heavy atom. The number of rotatable bonds is 7. The third-order valence-corrected chi connectivity index (χ3v) is 8.40. The van der Waals surface area contributed by atoms with Crippen molar-refractivity contribution >= 4 is 33.3 Å². The largest absolute Gasteiger partial charge is 0.390 e. The number of nitrogens with one attached hydrogen (secondary N) is 2. The second-order valence-electron chi connectivity index (χ2n) is 10.9. The van der Waals surface area contributed by atoms with Gasteiger partial charge in [-0.3, -0.25) is 4.98 Å². The lowest BCUT2D eigenvalue weighted by Gasteiger charge is -2.28. The molecule has 40 heavy (non-hydrogen) atoms. The molecule has 1 aromatic carbocycles. The van der Waals surface area contributed by atoms with E-state index >= 15 is 0 Å². The summed E-state index contributed by atoms with van der Waals surface area (Å²) >= 11 is 1.45. The standard InChI is InChI=1S/C28H32F2N6O3S/c1-12-9-20-22(14(3)32-12)35-26(40-20)21-13(2)33-27(31-11-15-17(29)7-6-8-18(15)30)36-25(21)34-19-10-16(28(4,5)39)23(37)24(19)38/h6-9,16,19,23-24,37-39H,10-11H2,1-5H3,(H2,31,33,34,36)/t16-,19?,23+,24-/m0/s1. The molecule has 4 aromatic rings. The molecule has 5 N–H and O–H groups in total. The lowest BCUT2D eigenvalue weighted by molar-refractivity contribution is -0.0601. The first-order chi connectivity index (χ1) is 18.8. The summed E-state index contributed by atoms with van der Waals surface area (Å²) in [6.07, 6.45) is -2.04. The van der Waals surface area contributed by atoms with Crippen molar-refractivity contribution in [1.29, 1.82) is 0 Å². The van der Waals surface area contributed by atoms with Crippen LogP contribution in [-0.4, -0.2) is 59.1 Å². The van der Waals surface area contributed by atoms with Crippen LogP contribution in [0, 0.1) is 38.3 Å². The van der Waals surface area contributed by atoms with E-state index < -0.39 is 41.4 Å². The zero-order chi connectivity index (χ0) is 28.9. The number of pyridine rings is 1. The molecule has 0 aliphatic heterocycles. The van der Waals surface area contributed by atoms with E-state index in [1.807, 2.05) is 19.9 Å². The summed E-state index contributed by atoms with van der Waals surface area (Å²) in [7, 11) is 0. The highest BCUT2D eigenvalue weighted by molar-refractivity contribution is 7.21. The van der Waals surface area contributed by atoms with Gasteiger partial charge < -0.3 is 26.0 Å². The monoisotopic (exact) mass is 570 g/mol. The topological polar surface area (TPSA) is 136 Å². The molecule has 1 aliphatic carbocycles. The summed E-state index contributed by atoms with van der Waals surface area (Å²) in [6.45, 7) is 8.59. The fraction of sp³-hybridized carbons (Fsp3) is 0.429. The minimum atomic E-state index is -1.22. The zero-order valence-electron chi connectivity index (χ0n) is 22.8. The molecule has 1 saturated carbocycles. The molecule has 212 valence electrons. The van der Waals surface area contributed by atoms with Gasteiger partial charge >= 0.3 is 0 Å². The number of fused-ring (bicyclic) bond motifs is 1. The van der Waals surface area contributed by atoms with E-state index in [9.17, 15) is 24.1 Å². The van der Waals surface area contributed by atoms with Crippen LogP contribution in [0.3, 0.4) is 0 Å². The van der Waals surface area contributed by atoms with Crippen LogP contribution in [0.4, 0.5) is 20.5 Å². The van der Waals surface area contributed by atoms with Crippen LogP contribution in [0.25, 0.3) is 20.8 Å². The summed E-state index contributed by atoms with van der Waals surface area (Å²) < 4.78 is 29.4. The highest BCUT2D eigenvalue weighted by Crippen LogP contribution is 2.40. The number of anilines is 2. The highest BCUT2D eigenvalue weighted by Gasteiger charge is 2.48. The summed E-state index contributed by atoms with van der Waals surface area (Å²) in [5.41, 5.74) is 2.19. The summed E-state index contributed by atoms with van der Waals surface area (Å²) in [4.78, 5) is 18.5. The number of aryl methyl sites for hydroxylation is 3. The Labute approximate surface area is 234 Å². The number of aliphatic hydroxyl groups is 3. The molecular weight excluding hydrogens is 538 g/mol. The molecule has 5 rings (SSSR count). The van der Waals surface area contributed by atoms with Crippen LogP contribution in [0.15, 0.2) is 24.3 Å². The SMILES string of the molecule is Cc1cc2sc(-c3c(C)nc(NCc4c(F)cccc4F)nc3NC3C[C@H](C(C)(C)O)[C@@H](O)[C@H]3O)nc2c(C)n1. The second kappa shape index (κ2) is 10.6. The fourth-order valence-electron chi connectivity index (χ4n) is 5.27. The molecule has 0 bridgehead atoms. The van der Waals surface area contributed by atoms with Crippen LogP contribution in [0.1, 0.15) is 42.9 Å². The molecule has 3 heterocycles. The van der Waals surface area contributed by atoms with Gasteiger partial charge in [0.05, 0.1) is 39.4 Å². The van der Waals surface area contributed by atoms with E-state index in [1.54, 1.807) is 20.8 Å². The van der Waals surface area contributed by atoms with Gasteiger partial charge in [0, 0.05) is 23.7 Å². The molecule has 1 fully saturated rings. The Bertz CT molecular complexity index is 1550. The van der Waals surface area contributed by atoms with Gasteiger partial charge in [0.2, 0.25) is 5.95 Å². The Morgan fingerprint density at radius 2 is 1.70 bits per heavy atom. The van der Waals surface area contributed by atoms with E-state index in [1.165, 1.54) is 29.5 Å². The van der Waals surface area contributed by atoms with Crippen molar-refractivity contribution < 1.29 is 24.1 Å². The Kier molecular flexibility index (Phi) is 7.47. The minimum Gasteiger partial charge on any atom is -0.390 e. The van der Waals surface area contributed by atoms with Gasteiger partial charge in [-0.25, -0.2) is 18.7 Å². The highest BCUT2D eigenvalue weighted by atomic mass is 32.1. The van der Waals surface area contributed by atoms with Gasteiger partial charge in [-0.15, -0.1) is 11.3 Å². The fourth-order valence-corrected chi connectivity index (χ4v) is 6.48. The van der Waals surface area contributed by atoms with Gasteiger partial charge in [0.25, 0.3) is 0 Å². The maximum atomic E-state index is 14.2. The molecule has 12 heteroatoms. The smallest absolute Gasteiger partial charge is 0.225 e. The van der Waals surface area contributed by atoms with Gasteiger partial charge in [0.1, 0.15) is 34.1 Å². The van der Waals surface area contributed by atoms with E-state index in [-0.39, 0.29) is 24.5 Å². The predicted molar refractivity (Wildman–Crippen MR) is 150 cm³/mol. The first-order valence-electron chi connectivity index (χ1n) is 13.0. The van der Waals surface area contributed by atoms with Gasteiger partial charge in [-0.1, -0.05) is 6.07 Å². The molecule has 4 atom stereocenters. The quantitative estimate of drug-likeness (QED) is 0.221. The summed E-state index contributed by atoms with van der Waals surface area (Å²) in [6, 6.07) is 4.97. The van der Waals surface area contributed by atoms with Gasteiger partial charge in [-0.05, 0) is 59.2 Å². The van der Waals surface area contributed by atoms with Crippen LogP contribution in [0.2, 0.25) is 0 Å². The minimum absolute atomic E-state index is 0.119. The van der Waals surface area contributed by atoms with Crippen molar-refractivity contribution in [1.82, 2.24) is 19.9 Å². The van der Waals surface area contributed by atoms with E-state index in [2.05, 4.69) is 25.6 Å². The number of thiazole rings is 1. The van der Waals surface area contributed by atoms with E-state index in [4.69, 9.17) is 4.98 Å². The molecule has 1 unspecified atom stereocenters. The number of aliphatic hydroxyl groups excluding tert-OH is 2. The van der Waals surface area contributed by atoms with Crippen molar-refractivity contribution in [2.24, 2.45) is 5.92 Å². The maximum Gasteiger partial charge on any atom is 0.225 e. The number of hydrogen-bond donors (Lipinski definition) is 5. The first kappa shape index (κ1) is 28.2. The number of aromatic nitrogens is 4. The third kappa shape index (κ3) is 5.36. The van der Waals surface area contributed by atoms with Crippen LogP contribution in [0.5, 0.6) is 0 Å². The molecule has 3 aromatic heterocycles. The molecule has 0 saturated heterocycles. The first-order valence-corrected chi connectivity index (χ1v) is 13.8. The van der Waals surface area contributed by atoms with Gasteiger partial charge in [0.15, 0.2) is 0 Å². The number of halogens is 2. The third-order valence-electron chi connectivity index (χ3n) is 7.38. The van der Waals surface area contributed by atoms with Crippen molar-refractivity contribution in [2.75, 3.05) is 10.6 Å². The average molecular weight is 571 g/mol. The van der Waals surface area contributed by atoms with Crippen molar-refractivity contribution in [2.45, 2.75) is 71.4 Å². The Hall–Kier alpha value is -3.32. The lowest BCUT2D eigenvalue weighted by Crippen LogP contribution is -2.40. The summed E-state index contributed by atoms with van der Waals surface area (Å²) in [5, 5.41) is 38.9. The average Bonchev–Trinajstić information content (AvgIpc) is 3.40. The van der Waals surface area contributed by atoms with E-state index in [0.717, 1.165) is 21.6 Å². The maximum absolute atomic E-state index is 14.2. The van der Waals surface area contributed by atoms with Crippen LogP contribution >= 0.6 is 11.3 Å². The zero-order valence-corrected chi connectivity index (χ0v) is 23.6. The second-order valence-corrected chi connectivity index (χ2v) is 11.9. The van der Waals surface area contributed by atoms with Gasteiger partial charge in [-0.2, -0.15) is 4.98 Å². The Balaban J connectivity index is 1.56. The molecule has 9 nitrogen and oxygen atoms in total. The number of hydrogen-bond acceptors (Lipinski definition) is 10. The predicted octanol–water partition coefficient (Wildman–Crippen LogP) is 4.26. The normalized spacial score (nSPS) is 21.2. The van der Waals surface area contributed by atoms with Crippen LogP contribution in [-0.2, 0) is 6.54 Å². The van der Waals surface area contributed by atoms with Crippen molar-refractivity contribution in [3.8, 4) is 10.6 Å². The Morgan fingerprint density at radius 1 is 1.00 bits per heavy atom. The number of benzene rings is 1. The van der Waals surface area contributed by atoms with E-state index in [0.29, 0.717) is 22.1 Å².